The molecule has 4 nitrogen and oxygen atoms in total. The van der Waals surface area contributed by atoms with Gasteiger partial charge in [-0.15, -0.1) is 0 Å². The lowest BCUT2D eigenvalue weighted by molar-refractivity contribution is 0.334. The summed E-state index contributed by atoms with van der Waals surface area (Å²) in [7, 11) is 0. The molecule has 1 heterocycles. The normalized spacial score (nSPS) is 11.8. The molecule has 0 aliphatic carbocycles. The van der Waals surface area contributed by atoms with Crippen LogP contribution in [0.4, 0.5) is 0 Å². The van der Waals surface area contributed by atoms with Crippen LogP contribution in [-0.4, -0.2) is 15.7 Å². The Hall–Kier alpha value is -1.10. The molecule has 0 spiro atoms. The molecule has 0 bridgehead atoms. The van der Waals surface area contributed by atoms with E-state index < -0.39 is 0 Å². The molecule has 1 aromatic heterocycles. The zero-order chi connectivity index (χ0) is 14.8. The number of nitrogens with one attached hydrogen (secondary N) is 1. The van der Waals surface area contributed by atoms with E-state index in [0.29, 0.717) is 34.7 Å². The Balaban J connectivity index is 2.02. The summed E-state index contributed by atoms with van der Waals surface area (Å²) in [6.07, 6.45) is 0.523. The average Bonchev–Trinajstić information content (AvgIpc) is 2.77. The first-order valence-electron chi connectivity index (χ1n) is 6.34. The van der Waals surface area contributed by atoms with Gasteiger partial charge < -0.3 is 9.84 Å². The molecular weight excluding hydrogens is 297 g/mol. The van der Waals surface area contributed by atoms with Crippen molar-refractivity contribution in [1.82, 2.24) is 15.5 Å². The molecule has 0 saturated heterocycles. The Morgan fingerprint density at radius 1 is 1.25 bits per heavy atom. The predicted molar refractivity (Wildman–Crippen MR) is 80.2 cm³/mol. The van der Waals surface area contributed by atoms with E-state index in [1.54, 1.807) is 12.1 Å². The van der Waals surface area contributed by atoms with Crippen LogP contribution in [0.1, 0.15) is 38.0 Å². The van der Waals surface area contributed by atoms with Gasteiger partial charge in [-0.3, -0.25) is 0 Å². The maximum absolute atomic E-state index is 6.12. The van der Waals surface area contributed by atoms with Crippen molar-refractivity contribution in [2.75, 3.05) is 0 Å². The van der Waals surface area contributed by atoms with Crippen molar-refractivity contribution in [2.45, 2.75) is 39.3 Å². The molecule has 0 saturated carbocycles. The molecule has 0 unspecified atom stereocenters. The maximum Gasteiger partial charge on any atom is 0.240 e. The van der Waals surface area contributed by atoms with Gasteiger partial charge >= 0.3 is 0 Å². The molecule has 1 N–H and O–H groups in total. The van der Waals surface area contributed by atoms with E-state index in [0.717, 1.165) is 5.56 Å². The van der Waals surface area contributed by atoms with Crippen LogP contribution >= 0.6 is 23.2 Å². The van der Waals surface area contributed by atoms with Gasteiger partial charge in [0, 0.05) is 22.0 Å². The van der Waals surface area contributed by atoms with Crippen molar-refractivity contribution >= 4 is 23.2 Å². The van der Waals surface area contributed by atoms with E-state index in [1.165, 1.54) is 0 Å². The molecule has 0 fully saturated rings. The standard InChI is InChI=1S/C14H17Cl2N3O/c1-14(2,3)17-8-13-18-12(19-20-13)6-9-4-5-10(15)7-11(9)16/h4-5,7,17H,6,8H2,1-3H3. The van der Waals surface area contributed by atoms with Crippen LogP contribution in [0.2, 0.25) is 10.0 Å². The van der Waals surface area contributed by atoms with Gasteiger partial charge in [-0.2, -0.15) is 4.98 Å². The van der Waals surface area contributed by atoms with Crippen LogP contribution in [0.5, 0.6) is 0 Å². The van der Waals surface area contributed by atoms with Crippen LogP contribution in [0, 0.1) is 0 Å². The van der Waals surface area contributed by atoms with Gasteiger partial charge in [0.05, 0.1) is 6.54 Å². The van der Waals surface area contributed by atoms with Crippen molar-refractivity contribution in [3.05, 3.63) is 45.5 Å². The molecule has 0 aliphatic rings. The highest BCUT2D eigenvalue weighted by molar-refractivity contribution is 6.35. The number of halogens is 2. The van der Waals surface area contributed by atoms with E-state index in [1.807, 2.05) is 6.07 Å². The lowest BCUT2D eigenvalue weighted by atomic mass is 10.1. The van der Waals surface area contributed by atoms with Crippen molar-refractivity contribution in [2.24, 2.45) is 0 Å². The van der Waals surface area contributed by atoms with E-state index >= 15 is 0 Å². The third kappa shape index (κ3) is 4.47. The minimum Gasteiger partial charge on any atom is -0.338 e. The number of nitrogens with zero attached hydrogens (tertiary/aromatic N) is 2. The van der Waals surface area contributed by atoms with Crippen LogP contribution in [-0.2, 0) is 13.0 Å². The lowest BCUT2D eigenvalue weighted by Gasteiger charge is -2.18. The van der Waals surface area contributed by atoms with E-state index in [-0.39, 0.29) is 5.54 Å². The van der Waals surface area contributed by atoms with Crippen molar-refractivity contribution in [3.63, 3.8) is 0 Å². The first-order chi connectivity index (χ1) is 9.33. The van der Waals surface area contributed by atoms with Gasteiger partial charge in [-0.05, 0) is 38.5 Å². The predicted octanol–water partition coefficient (Wildman–Crippen LogP) is 3.86. The smallest absolute Gasteiger partial charge is 0.240 e. The highest BCUT2D eigenvalue weighted by Crippen LogP contribution is 2.22. The Kier molecular flexibility index (Phi) is 4.68. The molecule has 2 rings (SSSR count). The highest BCUT2D eigenvalue weighted by atomic mass is 35.5. The van der Waals surface area contributed by atoms with Gasteiger partial charge in [-0.25, -0.2) is 0 Å². The first kappa shape index (κ1) is 15.3. The second kappa shape index (κ2) is 6.12. The van der Waals surface area contributed by atoms with E-state index in [9.17, 15) is 0 Å². The second-order valence-corrected chi connectivity index (χ2v) is 6.46. The SMILES string of the molecule is CC(C)(C)NCc1nc(Cc2ccc(Cl)cc2Cl)no1. The fourth-order valence-electron chi connectivity index (χ4n) is 1.61. The second-order valence-electron chi connectivity index (χ2n) is 5.62. The Bertz CT molecular complexity index is 590. The molecule has 6 heteroatoms. The van der Waals surface area contributed by atoms with Gasteiger partial charge in [0.15, 0.2) is 5.82 Å². The molecule has 108 valence electrons. The minimum atomic E-state index is 0.00806. The average molecular weight is 314 g/mol. The fraction of sp³-hybridized carbons (Fsp3) is 0.429. The van der Waals surface area contributed by atoms with Gasteiger partial charge in [0.1, 0.15) is 0 Å². The summed E-state index contributed by atoms with van der Waals surface area (Å²) in [5.41, 5.74) is 0.931. The van der Waals surface area contributed by atoms with Crippen molar-refractivity contribution < 1.29 is 4.52 Å². The number of rotatable bonds is 4. The maximum atomic E-state index is 6.12. The minimum absolute atomic E-state index is 0.00806. The monoisotopic (exact) mass is 313 g/mol. The summed E-state index contributed by atoms with van der Waals surface area (Å²) < 4.78 is 5.20. The zero-order valence-electron chi connectivity index (χ0n) is 11.7. The highest BCUT2D eigenvalue weighted by Gasteiger charge is 2.13. The molecule has 0 radical (unpaired) electrons. The molecule has 0 amide bonds. The molecule has 0 aliphatic heterocycles. The third-order valence-corrected chi connectivity index (χ3v) is 3.23. The topological polar surface area (TPSA) is 51.0 Å². The van der Waals surface area contributed by atoms with Crippen LogP contribution in [0.3, 0.4) is 0 Å². The van der Waals surface area contributed by atoms with Gasteiger partial charge in [0.25, 0.3) is 0 Å². The van der Waals surface area contributed by atoms with Crippen LogP contribution in [0.15, 0.2) is 22.7 Å². The summed E-state index contributed by atoms with van der Waals surface area (Å²) in [5.74, 6) is 1.18. The van der Waals surface area contributed by atoms with E-state index in [2.05, 4.69) is 36.2 Å². The summed E-state index contributed by atoms with van der Waals surface area (Å²) in [6.45, 7) is 6.79. The quantitative estimate of drug-likeness (QED) is 0.931. The summed E-state index contributed by atoms with van der Waals surface area (Å²) in [5, 5.41) is 8.47. The lowest BCUT2D eigenvalue weighted by Crippen LogP contribution is -2.35. The number of aromatic nitrogens is 2. The Labute approximate surface area is 128 Å². The zero-order valence-corrected chi connectivity index (χ0v) is 13.2. The fourth-order valence-corrected chi connectivity index (χ4v) is 2.09. The summed E-state index contributed by atoms with van der Waals surface area (Å²) >= 11 is 12.0. The number of hydrogen-bond acceptors (Lipinski definition) is 4. The Morgan fingerprint density at radius 2 is 2.00 bits per heavy atom. The molecule has 1 aromatic carbocycles. The van der Waals surface area contributed by atoms with Crippen molar-refractivity contribution in [1.29, 1.82) is 0 Å². The third-order valence-electron chi connectivity index (χ3n) is 2.64. The van der Waals surface area contributed by atoms with Crippen LogP contribution < -0.4 is 5.32 Å². The van der Waals surface area contributed by atoms with Crippen molar-refractivity contribution in [3.8, 4) is 0 Å². The van der Waals surface area contributed by atoms with Crippen LogP contribution in [0.25, 0.3) is 0 Å². The number of benzene rings is 1. The summed E-state index contributed by atoms with van der Waals surface area (Å²) in [6, 6.07) is 5.37. The molecule has 2 aromatic rings. The molecule has 20 heavy (non-hydrogen) atoms. The largest absolute Gasteiger partial charge is 0.338 e. The Morgan fingerprint density at radius 3 is 2.65 bits per heavy atom. The number of hydrogen-bond donors (Lipinski definition) is 1. The molecule has 0 atom stereocenters. The molecular formula is C14H17Cl2N3O. The summed E-state index contributed by atoms with van der Waals surface area (Å²) in [4.78, 5) is 4.34. The van der Waals surface area contributed by atoms with E-state index in [4.69, 9.17) is 27.7 Å². The first-order valence-corrected chi connectivity index (χ1v) is 7.09. The van der Waals surface area contributed by atoms with Gasteiger partial charge in [0.2, 0.25) is 5.89 Å². The van der Waals surface area contributed by atoms with Gasteiger partial charge in [-0.1, -0.05) is 34.4 Å².